The first kappa shape index (κ1) is 15.5. The number of likely N-dealkylation sites (tertiary alicyclic amines) is 1. The molecule has 0 aromatic heterocycles. The van der Waals surface area contributed by atoms with Crippen LogP contribution in [0.2, 0.25) is 0 Å². The van der Waals surface area contributed by atoms with Gasteiger partial charge in [0.2, 0.25) is 0 Å². The van der Waals surface area contributed by atoms with Gasteiger partial charge in [-0.2, -0.15) is 11.8 Å². The summed E-state index contributed by atoms with van der Waals surface area (Å²) in [6.07, 6.45) is 1.41. The Morgan fingerprint density at radius 3 is 2.35 bits per heavy atom. The van der Waals surface area contributed by atoms with E-state index in [1.807, 2.05) is 16.7 Å². The van der Waals surface area contributed by atoms with E-state index in [-0.39, 0.29) is 6.03 Å². The Bertz CT molecular complexity index is 394. The van der Waals surface area contributed by atoms with Crippen LogP contribution in [0.3, 0.4) is 0 Å². The average molecular weight is 300 g/mol. The van der Waals surface area contributed by atoms with Crippen LogP contribution < -0.4 is 0 Å². The number of carboxylic acid groups (broad SMARTS) is 1. The van der Waals surface area contributed by atoms with Gasteiger partial charge in [-0.05, 0) is 19.8 Å². The van der Waals surface area contributed by atoms with Gasteiger partial charge < -0.3 is 14.9 Å². The van der Waals surface area contributed by atoms with Crippen molar-refractivity contribution in [3.63, 3.8) is 0 Å². The Morgan fingerprint density at radius 2 is 1.80 bits per heavy atom. The van der Waals surface area contributed by atoms with Crippen molar-refractivity contribution < 1.29 is 14.7 Å². The van der Waals surface area contributed by atoms with Gasteiger partial charge in [-0.1, -0.05) is 13.8 Å². The molecule has 0 radical (unpaired) electrons. The average Bonchev–Trinajstić information content (AvgIpc) is 2.36. The molecule has 0 aromatic carbocycles. The number of carboxylic acids is 1. The molecule has 20 heavy (non-hydrogen) atoms. The normalized spacial score (nSPS) is 35.0. The number of thioether (sulfide) groups is 1. The van der Waals surface area contributed by atoms with Crippen LogP contribution in [0.15, 0.2) is 0 Å². The van der Waals surface area contributed by atoms with Gasteiger partial charge >= 0.3 is 12.0 Å². The van der Waals surface area contributed by atoms with Crippen molar-refractivity contribution in [2.45, 2.75) is 44.1 Å². The van der Waals surface area contributed by atoms with Crippen molar-refractivity contribution in [2.24, 2.45) is 5.41 Å². The second-order valence-corrected chi connectivity index (χ2v) is 8.22. The zero-order valence-corrected chi connectivity index (χ0v) is 13.3. The van der Waals surface area contributed by atoms with Gasteiger partial charge in [-0.3, -0.25) is 4.79 Å². The summed E-state index contributed by atoms with van der Waals surface area (Å²) < 4.78 is 0. The molecule has 0 aromatic rings. The SMILES string of the molecule is CC1CN(C(=O)N2CCCC(C)(C(=O)O)C2)CC(C)S1. The minimum Gasteiger partial charge on any atom is -0.481 e. The number of hydrogen-bond acceptors (Lipinski definition) is 3. The third kappa shape index (κ3) is 3.22. The fourth-order valence-corrected chi connectivity index (χ4v) is 4.44. The standard InChI is InChI=1S/C14H24N2O3S/c1-10-7-16(8-11(2)20-10)13(19)15-6-4-5-14(3,9-15)12(17)18/h10-11H,4-9H2,1-3H3,(H,17,18). The van der Waals surface area contributed by atoms with Crippen molar-refractivity contribution in [2.75, 3.05) is 26.2 Å². The molecule has 2 amide bonds. The van der Waals surface area contributed by atoms with Crippen LogP contribution in [-0.2, 0) is 4.79 Å². The Balaban J connectivity index is 2.03. The van der Waals surface area contributed by atoms with E-state index in [0.29, 0.717) is 30.0 Å². The molecule has 0 saturated carbocycles. The number of carbonyl (C=O) groups is 2. The van der Waals surface area contributed by atoms with Crippen LogP contribution in [0.5, 0.6) is 0 Å². The van der Waals surface area contributed by atoms with Crippen LogP contribution in [0.1, 0.15) is 33.6 Å². The Hall–Kier alpha value is -0.910. The first-order valence-electron chi connectivity index (χ1n) is 7.24. The monoisotopic (exact) mass is 300 g/mol. The Labute approximate surface area is 124 Å². The highest BCUT2D eigenvalue weighted by Gasteiger charge is 2.41. The molecule has 0 spiro atoms. The van der Waals surface area contributed by atoms with Crippen LogP contribution in [-0.4, -0.2) is 63.6 Å². The number of aliphatic carboxylic acids is 1. The summed E-state index contributed by atoms with van der Waals surface area (Å²) in [6, 6.07) is 0.0103. The van der Waals surface area contributed by atoms with E-state index in [2.05, 4.69) is 13.8 Å². The molecule has 3 unspecified atom stereocenters. The molecule has 0 aliphatic carbocycles. The van der Waals surface area contributed by atoms with Crippen LogP contribution in [0.25, 0.3) is 0 Å². The molecule has 5 nitrogen and oxygen atoms in total. The van der Waals surface area contributed by atoms with Crippen LogP contribution in [0.4, 0.5) is 4.79 Å². The smallest absolute Gasteiger partial charge is 0.320 e. The molecule has 0 bridgehead atoms. The second-order valence-electron chi connectivity index (χ2n) is 6.34. The van der Waals surface area contributed by atoms with Gasteiger partial charge in [-0.15, -0.1) is 0 Å². The van der Waals surface area contributed by atoms with E-state index in [0.717, 1.165) is 19.5 Å². The summed E-state index contributed by atoms with van der Waals surface area (Å²) in [5.41, 5.74) is -0.796. The molecular weight excluding hydrogens is 276 g/mol. The van der Waals surface area contributed by atoms with E-state index in [1.54, 1.807) is 11.8 Å². The summed E-state index contributed by atoms with van der Waals surface area (Å²) in [6.45, 7) is 8.53. The fourth-order valence-electron chi connectivity index (χ4n) is 3.11. The Kier molecular flexibility index (Phi) is 4.52. The number of nitrogens with zero attached hydrogens (tertiary/aromatic N) is 2. The molecule has 2 fully saturated rings. The third-order valence-corrected chi connectivity index (χ3v) is 5.40. The maximum atomic E-state index is 12.6. The highest BCUT2D eigenvalue weighted by atomic mass is 32.2. The third-order valence-electron chi connectivity index (χ3n) is 4.17. The lowest BCUT2D eigenvalue weighted by Crippen LogP contribution is -2.55. The number of piperidine rings is 1. The fraction of sp³-hybridized carbons (Fsp3) is 0.857. The lowest BCUT2D eigenvalue weighted by molar-refractivity contribution is -0.150. The van der Waals surface area contributed by atoms with Gasteiger partial charge in [0.15, 0.2) is 0 Å². The second kappa shape index (κ2) is 5.84. The van der Waals surface area contributed by atoms with E-state index >= 15 is 0 Å². The van der Waals surface area contributed by atoms with Gasteiger partial charge in [0.05, 0.1) is 5.41 Å². The molecule has 3 atom stereocenters. The van der Waals surface area contributed by atoms with Crippen molar-refractivity contribution >= 4 is 23.8 Å². The largest absolute Gasteiger partial charge is 0.481 e. The molecule has 6 heteroatoms. The zero-order valence-electron chi connectivity index (χ0n) is 12.5. The molecule has 2 heterocycles. The maximum Gasteiger partial charge on any atom is 0.320 e. The van der Waals surface area contributed by atoms with Crippen molar-refractivity contribution in [1.29, 1.82) is 0 Å². The zero-order chi connectivity index (χ0) is 14.9. The summed E-state index contributed by atoms with van der Waals surface area (Å²) in [5.74, 6) is -0.800. The minimum absolute atomic E-state index is 0.0103. The predicted molar refractivity (Wildman–Crippen MR) is 80.0 cm³/mol. The molecule has 2 aliphatic heterocycles. The quantitative estimate of drug-likeness (QED) is 0.806. The molecule has 2 saturated heterocycles. The summed E-state index contributed by atoms with van der Waals surface area (Å²) in [4.78, 5) is 27.6. The first-order valence-corrected chi connectivity index (χ1v) is 8.19. The number of carbonyl (C=O) groups excluding carboxylic acids is 1. The summed E-state index contributed by atoms with van der Waals surface area (Å²) >= 11 is 1.91. The number of hydrogen-bond donors (Lipinski definition) is 1. The minimum atomic E-state index is -0.800. The van der Waals surface area contributed by atoms with E-state index < -0.39 is 11.4 Å². The first-order chi connectivity index (χ1) is 9.32. The molecular formula is C14H24N2O3S. The highest BCUT2D eigenvalue weighted by molar-refractivity contribution is 8.00. The number of urea groups is 1. The van der Waals surface area contributed by atoms with Crippen molar-refractivity contribution in [3.05, 3.63) is 0 Å². The van der Waals surface area contributed by atoms with Crippen LogP contribution in [0, 0.1) is 5.41 Å². The van der Waals surface area contributed by atoms with Gasteiger partial charge in [0.25, 0.3) is 0 Å². The summed E-state index contributed by atoms with van der Waals surface area (Å²) in [7, 11) is 0. The van der Waals surface area contributed by atoms with E-state index in [4.69, 9.17) is 0 Å². The number of amides is 2. The van der Waals surface area contributed by atoms with Gasteiger partial charge in [0, 0.05) is 36.7 Å². The van der Waals surface area contributed by atoms with E-state index in [9.17, 15) is 14.7 Å². The molecule has 2 aliphatic rings. The number of rotatable bonds is 1. The molecule has 114 valence electrons. The predicted octanol–water partition coefficient (Wildman–Crippen LogP) is 2.12. The topological polar surface area (TPSA) is 60.9 Å². The van der Waals surface area contributed by atoms with E-state index in [1.165, 1.54) is 0 Å². The molecule has 2 rings (SSSR count). The lowest BCUT2D eigenvalue weighted by atomic mass is 9.82. The molecule has 1 N–H and O–H groups in total. The lowest BCUT2D eigenvalue weighted by Gasteiger charge is -2.42. The summed E-state index contributed by atoms with van der Waals surface area (Å²) in [5, 5.41) is 10.2. The van der Waals surface area contributed by atoms with Crippen molar-refractivity contribution in [1.82, 2.24) is 9.80 Å². The van der Waals surface area contributed by atoms with Crippen LogP contribution >= 0.6 is 11.8 Å². The maximum absolute atomic E-state index is 12.6. The Morgan fingerprint density at radius 1 is 1.20 bits per heavy atom. The highest BCUT2D eigenvalue weighted by Crippen LogP contribution is 2.31. The van der Waals surface area contributed by atoms with Crippen molar-refractivity contribution in [3.8, 4) is 0 Å². The van der Waals surface area contributed by atoms with Gasteiger partial charge in [-0.25, -0.2) is 4.79 Å². The van der Waals surface area contributed by atoms with Gasteiger partial charge in [0.1, 0.15) is 0 Å².